The maximum atomic E-state index is 11.1. The minimum Gasteiger partial charge on any atom is -0.488 e. The molecule has 0 bridgehead atoms. The molecule has 0 saturated carbocycles. The van der Waals surface area contributed by atoms with E-state index < -0.39 is 0 Å². The van der Waals surface area contributed by atoms with Crippen LogP contribution in [0.15, 0.2) is 64.6 Å². The molecule has 25 heavy (non-hydrogen) atoms. The molecule has 3 aromatic rings. The third-order valence-corrected chi connectivity index (χ3v) is 3.58. The number of benzene rings is 2. The van der Waals surface area contributed by atoms with Gasteiger partial charge in [0.2, 0.25) is 5.95 Å². The predicted molar refractivity (Wildman–Crippen MR) is 96.1 cm³/mol. The number of nitrogens with zero attached hydrogens (tertiary/aromatic N) is 3. The van der Waals surface area contributed by atoms with E-state index in [0.29, 0.717) is 17.4 Å². The van der Waals surface area contributed by atoms with Crippen LogP contribution in [0.2, 0.25) is 5.02 Å². The first-order valence-corrected chi connectivity index (χ1v) is 7.76. The molecule has 2 N–H and O–H groups in total. The number of para-hydroxylation sites is 1. The number of halogens is 1. The Morgan fingerprint density at radius 1 is 1.20 bits per heavy atom. The van der Waals surface area contributed by atoms with Gasteiger partial charge in [-0.25, -0.2) is 5.43 Å². The lowest BCUT2D eigenvalue weighted by atomic mass is 10.2. The molecule has 0 unspecified atom stereocenters. The van der Waals surface area contributed by atoms with E-state index in [1.54, 1.807) is 6.21 Å². The number of H-pyrrole nitrogens is 1. The third-order valence-electron chi connectivity index (χ3n) is 3.21. The zero-order valence-corrected chi connectivity index (χ0v) is 13.8. The van der Waals surface area contributed by atoms with Crippen LogP contribution < -0.4 is 15.7 Å². The lowest BCUT2D eigenvalue weighted by Gasteiger charge is -2.10. The van der Waals surface area contributed by atoms with Crippen molar-refractivity contribution < 1.29 is 4.74 Å². The zero-order chi connectivity index (χ0) is 17.5. The number of nitrogens with one attached hydrogen (secondary N) is 2. The second kappa shape index (κ2) is 8.07. The second-order valence-electron chi connectivity index (χ2n) is 4.97. The lowest BCUT2D eigenvalue weighted by Crippen LogP contribution is -2.10. The molecule has 1 heterocycles. The van der Waals surface area contributed by atoms with E-state index in [9.17, 15) is 4.79 Å². The maximum absolute atomic E-state index is 11.1. The maximum Gasteiger partial charge on any atom is 0.271 e. The van der Waals surface area contributed by atoms with Crippen molar-refractivity contribution in [3.63, 3.8) is 0 Å². The molecule has 126 valence electrons. The van der Waals surface area contributed by atoms with E-state index >= 15 is 0 Å². The summed E-state index contributed by atoms with van der Waals surface area (Å²) in [7, 11) is 0. The Morgan fingerprint density at radius 3 is 2.84 bits per heavy atom. The van der Waals surface area contributed by atoms with Crippen molar-refractivity contribution in [3.05, 3.63) is 81.2 Å². The molecule has 0 atom stereocenters. The monoisotopic (exact) mass is 355 g/mol. The minimum absolute atomic E-state index is 0.151. The summed E-state index contributed by atoms with van der Waals surface area (Å²) in [5, 5.41) is 11.9. The van der Waals surface area contributed by atoms with Gasteiger partial charge in [-0.3, -0.25) is 9.78 Å². The first kappa shape index (κ1) is 16.7. The van der Waals surface area contributed by atoms with Crippen molar-refractivity contribution in [2.75, 3.05) is 5.43 Å². The summed E-state index contributed by atoms with van der Waals surface area (Å²) in [6, 6.07) is 14.9. The fraction of sp³-hybridized carbons (Fsp3) is 0.0588. The molecule has 0 amide bonds. The van der Waals surface area contributed by atoms with E-state index in [0.717, 1.165) is 17.3 Å². The number of rotatable bonds is 6. The van der Waals surface area contributed by atoms with E-state index in [-0.39, 0.29) is 11.5 Å². The van der Waals surface area contributed by atoms with Gasteiger partial charge in [0.15, 0.2) is 0 Å². The van der Waals surface area contributed by atoms with Gasteiger partial charge in [-0.05, 0) is 18.2 Å². The third kappa shape index (κ3) is 4.65. The predicted octanol–water partition coefficient (Wildman–Crippen LogP) is 2.84. The standard InChI is InChI=1S/C17H14ClN5O2/c18-14-7-3-1-6-13(14)11-25-15-8-4-2-5-12(15)9-19-22-17-21-16(24)10-20-23-17/h1-10H,11H2,(H2,21,22,23,24)/b19-9+. The SMILES string of the molecule is O=c1cnnc(N/N=C/c2ccccc2OCc2ccccc2Cl)[nH]1. The molecule has 0 aliphatic heterocycles. The van der Waals surface area contributed by atoms with Crippen molar-refractivity contribution in [2.24, 2.45) is 5.10 Å². The molecule has 0 fully saturated rings. The van der Waals surface area contributed by atoms with Crippen LogP contribution in [0, 0.1) is 0 Å². The average molecular weight is 356 g/mol. The molecule has 3 rings (SSSR count). The summed E-state index contributed by atoms with van der Waals surface area (Å²) in [6.45, 7) is 0.343. The number of hydrogen-bond donors (Lipinski definition) is 2. The largest absolute Gasteiger partial charge is 0.488 e. The summed E-state index contributed by atoms with van der Waals surface area (Å²) in [6.07, 6.45) is 2.64. The Balaban J connectivity index is 1.69. The Labute approximate surface area is 148 Å². The Hall–Kier alpha value is -3.19. The van der Waals surface area contributed by atoms with Crippen LogP contribution >= 0.6 is 11.6 Å². The molecule has 7 nitrogen and oxygen atoms in total. The minimum atomic E-state index is -0.365. The van der Waals surface area contributed by atoms with Crippen LogP contribution in [-0.4, -0.2) is 21.4 Å². The second-order valence-corrected chi connectivity index (χ2v) is 5.38. The molecule has 0 saturated heterocycles. The van der Waals surface area contributed by atoms with Gasteiger partial charge in [0, 0.05) is 16.1 Å². The Morgan fingerprint density at radius 2 is 2.00 bits per heavy atom. The van der Waals surface area contributed by atoms with Gasteiger partial charge in [-0.1, -0.05) is 41.9 Å². The van der Waals surface area contributed by atoms with Gasteiger partial charge >= 0.3 is 0 Å². The number of hydrazone groups is 1. The van der Waals surface area contributed by atoms with Crippen molar-refractivity contribution >= 4 is 23.8 Å². The first-order chi connectivity index (χ1) is 12.2. The highest BCUT2D eigenvalue weighted by molar-refractivity contribution is 6.31. The molecule has 8 heteroatoms. The van der Waals surface area contributed by atoms with Gasteiger partial charge in [0.05, 0.1) is 6.21 Å². The zero-order valence-electron chi connectivity index (χ0n) is 13.0. The summed E-state index contributed by atoms with van der Waals surface area (Å²) in [4.78, 5) is 13.6. The van der Waals surface area contributed by atoms with Crippen molar-refractivity contribution in [2.45, 2.75) is 6.61 Å². The highest BCUT2D eigenvalue weighted by atomic mass is 35.5. The molecule has 0 aliphatic rings. The summed E-state index contributed by atoms with van der Waals surface area (Å²) in [5.74, 6) is 0.804. The molecule has 2 aromatic carbocycles. The molecular weight excluding hydrogens is 342 g/mol. The van der Waals surface area contributed by atoms with E-state index in [4.69, 9.17) is 16.3 Å². The van der Waals surface area contributed by atoms with Crippen molar-refractivity contribution in [1.82, 2.24) is 15.2 Å². The van der Waals surface area contributed by atoms with Gasteiger partial charge in [-0.2, -0.15) is 5.10 Å². The van der Waals surface area contributed by atoms with E-state index in [2.05, 4.69) is 25.7 Å². The van der Waals surface area contributed by atoms with Crippen molar-refractivity contribution in [1.29, 1.82) is 0 Å². The Kier molecular flexibility index (Phi) is 5.38. The average Bonchev–Trinajstić information content (AvgIpc) is 2.62. The molecule has 0 spiro atoms. The Bertz CT molecular complexity index is 942. The van der Waals surface area contributed by atoms with Crippen LogP contribution in [0.3, 0.4) is 0 Å². The number of hydrogen-bond acceptors (Lipinski definition) is 6. The van der Waals surface area contributed by atoms with Crippen LogP contribution in [0.5, 0.6) is 5.75 Å². The number of ether oxygens (including phenoxy) is 1. The smallest absolute Gasteiger partial charge is 0.271 e. The van der Waals surface area contributed by atoms with E-state index in [1.807, 2.05) is 48.5 Å². The normalized spacial score (nSPS) is 10.8. The molecular formula is C17H14ClN5O2. The summed E-state index contributed by atoms with van der Waals surface area (Å²) < 4.78 is 5.84. The summed E-state index contributed by atoms with van der Waals surface area (Å²) >= 11 is 6.14. The highest BCUT2D eigenvalue weighted by Crippen LogP contribution is 2.20. The van der Waals surface area contributed by atoms with Gasteiger partial charge in [0.1, 0.15) is 18.6 Å². The number of aromatic nitrogens is 3. The summed E-state index contributed by atoms with van der Waals surface area (Å²) in [5.41, 5.74) is 3.90. The quantitative estimate of drug-likeness (QED) is 0.524. The van der Waals surface area contributed by atoms with Gasteiger partial charge in [-0.15, -0.1) is 10.2 Å². The first-order valence-electron chi connectivity index (χ1n) is 7.39. The fourth-order valence-electron chi connectivity index (χ4n) is 2.02. The molecule has 0 aliphatic carbocycles. The van der Waals surface area contributed by atoms with Crippen molar-refractivity contribution in [3.8, 4) is 5.75 Å². The number of aromatic amines is 1. The van der Waals surface area contributed by atoms with E-state index in [1.165, 1.54) is 0 Å². The molecule has 1 aromatic heterocycles. The van der Waals surface area contributed by atoms with Crippen LogP contribution in [0.1, 0.15) is 11.1 Å². The lowest BCUT2D eigenvalue weighted by molar-refractivity contribution is 0.306. The fourth-order valence-corrected chi connectivity index (χ4v) is 2.21. The molecule has 0 radical (unpaired) electrons. The number of anilines is 1. The van der Waals surface area contributed by atoms with Crippen LogP contribution in [0.4, 0.5) is 5.95 Å². The van der Waals surface area contributed by atoms with Gasteiger partial charge in [0.25, 0.3) is 5.56 Å². The van der Waals surface area contributed by atoms with Gasteiger partial charge < -0.3 is 4.74 Å². The highest BCUT2D eigenvalue weighted by Gasteiger charge is 2.04. The topological polar surface area (TPSA) is 92.3 Å². The van der Waals surface area contributed by atoms with Crippen LogP contribution in [-0.2, 0) is 6.61 Å². The van der Waals surface area contributed by atoms with Crippen LogP contribution in [0.25, 0.3) is 0 Å².